The van der Waals surface area contributed by atoms with Crippen molar-refractivity contribution < 1.29 is 9.90 Å². The zero-order valence-electron chi connectivity index (χ0n) is 47.0. The number of fused-ring (bicyclic) bond motifs is 4. The number of hydrogen-bond donors (Lipinski definition) is 1. The Morgan fingerprint density at radius 3 is 1.30 bits per heavy atom. The molecule has 4 nitrogen and oxygen atoms in total. The summed E-state index contributed by atoms with van der Waals surface area (Å²) < 4.78 is 0. The fourth-order valence-corrected chi connectivity index (χ4v) is 13.7. The van der Waals surface area contributed by atoms with E-state index in [2.05, 4.69) is 269 Å². The molecule has 2 atom stereocenters. The van der Waals surface area contributed by atoms with Gasteiger partial charge in [0.2, 0.25) is 0 Å². The lowest BCUT2D eigenvalue weighted by Crippen LogP contribution is -2.30. The maximum Gasteiger partial charge on any atom is 0.162 e. The van der Waals surface area contributed by atoms with Gasteiger partial charge in [-0.2, -0.15) is 0 Å². The van der Waals surface area contributed by atoms with Crippen LogP contribution in [0.3, 0.4) is 0 Å². The summed E-state index contributed by atoms with van der Waals surface area (Å²) >= 11 is 0. The molecular formula is C79H62N2O2. The van der Waals surface area contributed by atoms with Crippen LogP contribution in [0.4, 0.5) is 0 Å². The van der Waals surface area contributed by atoms with Gasteiger partial charge in [0, 0.05) is 51.7 Å². The number of rotatable bonds is 13. The Kier molecular flexibility index (Phi) is 13.0. The SMILES string of the molecule is CC12CCC(C(C(=O)CCc3ccccc3-c3cc(-c4ccccc4-c4ccc(-c5cc6ccccc6cn5)cc4-c4ccccc4)cc(-c4ccccc4-c4ccc(-c5cc6ccccc6cn5)cc4-c4ccccc4)c3)=C1O)C2(C)C. The van der Waals surface area contributed by atoms with Gasteiger partial charge in [-0.05, 0) is 167 Å². The van der Waals surface area contributed by atoms with Gasteiger partial charge < -0.3 is 5.11 Å². The van der Waals surface area contributed by atoms with Crippen LogP contribution in [0.1, 0.15) is 45.6 Å². The second-order valence-electron chi connectivity index (χ2n) is 23.5. The third-order valence-electron chi connectivity index (χ3n) is 18.7. The molecule has 400 valence electrons. The van der Waals surface area contributed by atoms with Crippen molar-refractivity contribution in [2.24, 2.45) is 16.7 Å². The lowest BCUT2D eigenvalue weighted by molar-refractivity contribution is -0.116. The number of aryl methyl sites for hydroxylation is 1. The number of pyridine rings is 2. The first-order chi connectivity index (χ1) is 40.6. The van der Waals surface area contributed by atoms with E-state index in [1.807, 2.05) is 12.4 Å². The standard InChI is InChI=1S/C79H62N2O2/c1-78(2)72-40-41-79(78,3)77(83)76(72)75(82)39-36-53-24-14-15-29-63(53)60-42-61(64-30-16-18-32-66(64)68-37-34-56(45-70(68)51-20-6-4-7-21-51)73-47-54-25-10-12-27-58(54)49-80-73)44-62(43-60)65-31-17-19-33-67(65)69-38-35-57(46-71(69)52-22-8-5-9-23-52)74-48-55-26-11-13-28-59(55)50-81-74/h4-35,37-38,42-50,72,83H,36,39-41H2,1-3H3. The molecule has 10 aromatic carbocycles. The molecule has 0 radical (unpaired) electrons. The molecule has 2 aromatic heterocycles. The van der Waals surface area contributed by atoms with Crippen LogP contribution in [0.5, 0.6) is 0 Å². The second-order valence-corrected chi connectivity index (χ2v) is 23.5. The number of nitrogens with zero attached hydrogens (tertiary/aromatic N) is 2. The summed E-state index contributed by atoms with van der Waals surface area (Å²) in [4.78, 5) is 24.4. The van der Waals surface area contributed by atoms with E-state index in [-0.39, 0.29) is 22.5 Å². The average Bonchev–Trinajstić information content (AvgIpc) is 3.30. The number of aliphatic hydroxyl groups is 1. The number of carbonyl (C=O) groups excluding carboxylic acids is 1. The molecular weight excluding hydrogens is 1010 g/mol. The number of aliphatic hydroxyl groups excluding tert-OH is 1. The summed E-state index contributed by atoms with van der Waals surface area (Å²) in [6.07, 6.45) is 6.64. The number of aromatic nitrogens is 2. The van der Waals surface area contributed by atoms with Gasteiger partial charge in [-0.25, -0.2) is 0 Å². The lowest BCUT2D eigenvalue weighted by atomic mass is 9.69. The molecule has 0 aliphatic heterocycles. The van der Waals surface area contributed by atoms with E-state index < -0.39 is 0 Å². The van der Waals surface area contributed by atoms with Gasteiger partial charge in [0.05, 0.1) is 11.4 Å². The Bertz CT molecular complexity index is 4310. The molecule has 0 spiro atoms. The van der Waals surface area contributed by atoms with Crippen LogP contribution in [0, 0.1) is 16.7 Å². The van der Waals surface area contributed by atoms with E-state index in [1.54, 1.807) is 0 Å². The van der Waals surface area contributed by atoms with Crippen molar-refractivity contribution >= 4 is 27.3 Å². The van der Waals surface area contributed by atoms with Crippen molar-refractivity contribution in [1.82, 2.24) is 9.97 Å². The third kappa shape index (κ3) is 9.16. The van der Waals surface area contributed by atoms with Crippen LogP contribution in [-0.4, -0.2) is 20.9 Å². The maximum atomic E-state index is 14.5. The van der Waals surface area contributed by atoms with Gasteiger partial charge in [0.25, 0.3) is 0 Å². The summed E-state index contributed by atoms with van der Waals surface area (Å²) in [5.41, 5.74) is 20.6. The van der Waals surface area contributed by atoms with Gasteiger partial charge >= 0.3 is 0 Å². The van der Waals surface area contributed by atoms with Crippen molar-refractivity contribution in [1.29, 1.82) is 0 Å². The van der Waals surface area contributed by atoms with Crippen LogP contribution >= 0.6 is 0 Å². The molecule has 0 amide bonds. The fourth-order valence-electron chi connectivity index (χ4n) is 13.7. The van der Waals surface area contributed by atoms with Crippen LogP contribution in [0.25, 0.3) is 122 Å². The maximum absolute atomic E-state index is 14.5. The third-order valence-corrected chi connectivity index (χ3v) is 18.7. The molecule has 2 aliphatic rings. The largest absolute Gasteiger partial charge is 0.511 e. The first-order valence-electron chi connectivity index (χ1n) is 29.1. The normalized spacial score (nSPS) is 16.2. The molecule has 1 saturated carbocycles. The van der Waals surface area contributed by atoms with E-state index in [4.69, 9.17) is 9.97 Å². The van der Waals surface area contributed by atoms with Crippen molar-refractivity contribution in [2.75, 3.05) is 0 Å². The molecule has 83 heavy (non-hydrogen) atoms. The number of hydrogen-bond acceptors (Lipinski definition) is 4. The Labute approximate surface area is 486 Å². The minimum Gasteiger partial charge on any atom is -0.511 e. The fraction of sp³-hybridized carbons (Fsp3) is 0.127. The van der Waals surface area contributed by atoms with Crippen molar-refractivity contribution in [3.8, 4) is 100 Å². The summed E-state index contributed by atoms with van der Waals surface area (Å²) in [5.74, 6) is 0.444. The van der Waals surface area contributed by atoms with E-state index in [0.29, 0.717) is 24.2 Å². The monoisotopic (exact) mass is 1070 g/mol. The molecule has 4 heteroatoms. The van der Waals surface area contributed by atoms with Gasteiger partial charge in [0.1, 0.15) is 5.76 Å². The minimum absolute atomic E-state index is 0.0596. The molecule has 12 aromatic rings. The molecule has 0 saturated heterocycles. The Morgan fingerprint density at radius 2 is 0.819 bits per heavy atom. The van der Waals surface area contributed by atoms with Gasteiger partial charge in [-0.1, -0.05) is 227 Å². The van der Waals surface area contributed by atoms with Crippen LogP contribution in [0.15, 0.2) is 272 Å². The van der Waals surface area contributed by atoms with Crippen LogP contribution in [-0.2, 0) is 11.2 Å². The van der Waals surface area contributed by atoms with E-state index >= 15 is 0 Å². The summed E-state index contributed by atoms with van der Waals surface area (Å²) in [6, 6.07) is 89.3. The number of Topliss-reactive ketones (excluding diaryl/α,β-unsaturated/α-hetero) is 1. The number of benzene rings is 10. The predicted octanol–water partition coefficient (Wildman–Crippen LogP) is 20.6. The predicted molar refractivity (Wildman–Crippen MR) is 344 cm³/mol. The van der Waals surface area contributed by atoms with Crippen molar-refractivity contribution in [3.63, 3.8) is 0 Å². The molecule has 1 fully saturated rings. The van der Waals surface area contributed by atoms with Crippen LogP contribution < -0.4 is 0 Å². The molecule has 2 heterocycles. The highest BCUT2D eigenvalue weighted by molar-refractivity contribution is 6.00. The van der Waals surface area contributed by atoms with Crippen molar-refractivity contribution in [2.45, 2.75) is 46.5 Å². The summed E-state index contributed by atoms with van der Waals surface area (Å²) in [5, 5.41) is 16.2. The van der Waals surface area contributed by atoms with E-state index in [1.165, 1.54) is 0 Å². The average molecular weight is 1070 g/mol. The van der Waals surface area contributed by atoms with Gasteiger partial charge in [-0.15, -0.1) is 0 Å². The van der Waals surface area contributed by atoms with Crippen LogP contribution in [0.2, 0.25) is 0 Å². The van der Waals surface area contributed by atoms with Gasteiger partial charge in [0.15, 0.2) is 5.78 Å². The lowest BCUT2D eigenvalue weighted by Gasteiger charge is -2.34. The van der Waals surface area contributed by atoms with E-state index in [0.717, 1.165) is 140 Å². The Morgan fingerprint density at radius 1 is 0.410 bits per heavy atom. The second kappa shape index (κ2) is 21.0. The highest BCUT2D eigenvalue weighted by Crippen LogP contribution is 2.67. The van der Waals surface area contributed by atoms with Gasteiger partial charge in [-0.3, -0.25) is 14.8 Å². The number of carbonyl (C=O) groups is 1. The topological polar surface area (TPSA) is 63.1 Å². The Balaban J connectivity index is 0.933. The Hall–Kier alpha value is -9.77. The minimum atomic E-state index is -0.374. The van der Waals surface area contributed by atoms with E-state index in [9.17, 15) is 9.90 Å². The molecule has 2 aliphatic carbocycles. The molecule has 1 N–H and O–H groups in total. The molecule has 14 rings (SSSR count). The molecule has 2 bridgehead atoms. The first-order valence-corrected chi connectivity index (χ1v) is 29.1. The summed E-state index contributed by atoms with van der Waals surface area (Å²) in [6.45, 7) is 6.58. The highest BCUT2D eigenvalue weighted by atomic mass is 16.3. The highest BCUT2D eigenvalue weighted by Gasteiger charge is 2.62. The number of ketones is 1. The quantitative estimate of drug-likeness (QED) is 0.125. The first kappa shape index (κ1) is 51.4. The molecule has 2 unspecified atom stereocenters. The smallest absolute Gasteiger partial charge is 0.162 e. The number of allylic oxidation sites excluding steroid dienone is 2. The zero-order valence-corrected chi connectivity index (χ0v) is 47.0. The summed E-state index contributed by atoms with van der Waals surface area (Å²) in [7, 11) is 0. The zero-order chi connectivity index (χ0) is 56.2. The van der Waals surface area contributed by atoms with Crippen molar-refractivity contribution in [3.05, 3.63) is 278 Å².